The van der Waals surface area contributed by atoms with E-state index in [2.05, 4.69) is 21.9 Å². The van der Waals surface area contributed by atoms with Gasteiger partial charge < -0.3 is 4.98 Å². The van der Waals surface area contributed by atoms with Crippen molar-refractivity contribution in [1.82, 2.24) is 15.8 Å². The molecule has 5 nitrogen and oxygen atoms in total. The Hall–Kier alpha value is -3.08. The Balaban J connectivity index is 1.46. The molecule has 0 aliphatic heterocycles. The maximum Gasteiger partial charge on any atom is 0.242 e. The first-order chi connectivity index (χ1) is 12.1. The largest absolute Gasteiger partial charge is 0.361 e. The summed E-state index contributed by atoms with van der Waals surface area (Å²) in [5, 5.41) is 1.02. The van der Waals surface area contributed by atoms with Crippen molar-refractivity contribution in [2.75, 3.05) is 0 Å². The Morgan fingerprint density at radius 3 is 2.64 bits per heavy atom. The van der Waals surface area contributed by atoms with E-state index in [1.54, 1.807) is 0 Å². The molecular formula is C20H21N3O2. The smallest absolute Gasteiger partial charge is 0.242 e. The van der Waals surface area contributed by atoms with E-state index < -0.39 is 0 Å². The van der Waals surface area contributed by atoms with Gasteiger partial charge in [0, 0.05) is 23.5 Å². The molecule has 0 radical (unpaired) electrons. The van der Waals surface area contributed by atoms with Gasteiger partial charge in [0.05, 0.1) is 6.42 Å². The molecule has 128 valence electrons. The molecule has 0 saturated heterocycles. The number of aromatic nitrogens is 1. The van der Waals surface area contributed by atoms with Crippen LogP contribution in [0, 0.1) is 6.92 Å². The molecule has 1 aromatic heterocycles. The fourth-order valence-corrected chi connectivity index (χ4v) is 2.82. The van der Waals surface area contributed by atoms with Gasteiger partial charge >= 0.3 is 0 Å². The summed E-state index contributed by atoms with van der Waals surface area (Å²) in [6, 6.07) is 15.9. The molecule has 0 aliphatic rings. The Morgan fingerprint density at radius 1 is 1.00 bits per heavy atom. The zero-order valence-corrected chi connectivity index (χ0v) is 14.1. The molecule has 0 atom stereocenters. The van der Waals surface area contributed by atoms with E-state index in [9.17, 15) is 9.59 Å². The molecule has 0 bridgehead atoms. The van der Waals surface area contributed by atoms with Gasteiger partial charge in [0.2, 0.25) is 11.8 Å². The number of aryl methyl sites for hydroxylation is 2. The molecule has 5 heteroatoms. The number of H-pyrrole nitrogens is 1. The summed E-state index contributed by atoms with van der Waals surface area (Å²) < 4.78 is 0. The predicted octanol–water partition coefficient (Wildman–Crippen LogP) is 2.80. The molecular weight excluding hydrogens is 314 g/mol. The van der Waals surface area contributed by atoms with Crippen LogP contribution >= 0.6 is 0 Å². The van der Waals surface area contributed by atoms with E-state index in [4.69, 9.17) is 0 Å². The number of carbonyl (C=O) groups is 2. The normalized spacial score (nSPS) is 10.6. The van der Waals surface area contributed by atoms with Crippen molar-refractivity contribution < 1.29 is 9.59 Å². The zero-order valence-electron chi connectivity index (χ0n) is 14.1. The van der Waals surface area contributed by atoms with Gasteiger partial charge in [-0.1, -0.05) is 48.0 Å². The predicted molar refractivity (Wildman–Crippen MR) is 97.8 cm³/mol. The van der Waals surface area contributed by atoms with E-state index in [0.717, 1.165) is 22.0 Å². The molecule has 0 aliphatic carbocycles. The quantitative estimate of drug-likeness (QED) is 0.627. The number of hydrogen-bond acceptors (Lipinski definition) is 2. The van der Waals surface area contributed by atoms with Crippen LogP contribution in [0.25, 0.3) is 10.9 Å². The van der Waals surface area contributed by atoms with Crippen LogP contribution in [0.15, 0.2) is 54.7 Å². The number of carbonyl (C=O) groups excluding carboxylic acids is 2. The molecule has 0 saturated carbocycles. The number of hydrazine groups is 1. The van der Waals surface area contributed by atoms with E-state index in [1.165, 1.54) is 5.56 Å². The minimum atomic E-state index is -0.242. The molecule has 0 unspecified atom stereocenters. The Labute approximate surface area is 146 Å². The Bertz CT molecular complexity index is 899. The monoisotopic (exact) mass is 335 g/mol. The summed E-state index contributed by atoms with van der Waals surface area (Å²) in [5.74, 6) is -0.442. The molecule has 25 heavy (non-hydrogen) atoms. The van der Waals surface area contributed by atoms with E-state index in [1.807, 2.05) is 55.6 Å². The summed E-state index contributed by atoms with van der Waals surface area (Å²) in [6.07, 6.45) is 3.01. The van der Waals surface area contributed by atoms with Crippen molar-refractivity contribution in [3.8, 4) is 0 Å². The fraction of sp³-hybridized carbons (Fsp3) is 0.200. The van der Waals surface area contributed by atoms with Crippen LogP contribution in [0.1, 0.15) is 23.1 Å². The SMILES string of the molecule is Cc1cccc(CCC(=O)NNC(=O)Cc2c[nH]c3ccccc23)c1. The maximum absolute atomic E-state index is 12.0. The van der Waals surface area contributed by atoms with Crippen molar-refractivity contribution >= 4 is 22.7 Å². The number of amides is 2. The highest BCUT2D eigenvalue weighted by Crippen LogP contribution is 2.17. The molecule has 3 rings (SSSR count). The first-order valence-electron chi connectivity index (χ1n) is 8.30. The Morgan fingerprint density at radius 2 is 1.80 bits per heavy atom. The second kappa shape index (κ2) is 7.66. The second-order valence-electron chi connectivity index (χ2n) is 6.12. The van der Waals surface area contributed by atoms with E-state index in [-0.39, 0.29) is 18.2 Å². The van der Waals surface area contributed by atoms with Gasteiger partial charge in [-0.15, -0.1) is 0 Å². The lowest BCUT2D eigenvalue weighted by Crippen LogP contribution is -2.42. The highest BCUT2D eigenvalue weighted by Gasteiger charge is 2.09. The topological polar surface area (TPSA) is 74.0 Å². The van der Waals surface area contributed by atoms with Gasteiger partial charge in [0.15, 0.2) is 0 Å². The number of hydrogen-bond donors (Lipinski definition) is 3. The third-order valence-corrected chi connectivity index (χ3v) is 4.09. The lowest BCUT2D eigenvalue weighted by molar-refractivity contribution is -0.128. The van der Waals surface area contributed by atoms with Crippen molar-refractivity contribution in [1.29, 1.82) is 0 Å². The van der Waals surface area contributed by atoms with Crippen LogP contribution in [0.2, 0.25) is 0 Å². The lowest BCUT2D eigenvalue weighted by atomic mass is 10.1. The molecule has 2 aromatic carbocycles. The third kappa shape index (κ3) is 4.47. The number of aromatic amines is 1. The number of rotatable bonds is 5. The van der Waals surface area contributed by atoms with Gasteiger partial charge in [-0.2, -0.15) is 0 Å². The summed E-state index contributed by atoms with van der Waals surface area (Å²) in [7, 11) is 0. The van der Waals surface area contributed by atoms with E-state index in [0.29, 0.717) is 12.8 Å². The molecule has 0 fully saturated rings. The Kier molecular flexibility index (Phi) is 5.14. The number of para-hydroxylation sites is 1. The van der Waals surface area contributed by atoms with Gasteiger partial charge in [-0.3, -0.25) is 20.4 Å². The second-order valence-corrected chi connectivity index (χ2v) is 6.12. The summed E-state index contributed by atoms with van der Waals surface area (Å²) >= 11 is 0. The first kappa shape index (κ1) is 16.8. The average Bonchev–Trinajstić information content (AvgIpc) is 3.01. The summed E-state index contributed by atoms with van der Waals surface area (Å²) in [4.78, 5) is 27.1. The summed E-state index contributed by atoms with van der Waals surface area (Å²) in [6.45, 7) is 2.02. The van der Waals surface area contributed by atoms with Crippen molar-refractivity contribution in [3.05, 3.63) is 71.4 Å². The summed E-state index contributed by atoms with van der Waals surface area (Å²) in [5.41, 5.74) is 9.14. The van der Waals surface area contributed by atoms with Gasteiger partial charge in [-0.25, -0.2) is 0 Å². The number of fused-ring (bicyclic) bond motifs is 1. The number of nitrogens with one attached hydrogen (secondary N) is 3. The van der Waals surface area contributed by atoms with Crippen LogP contribution in [0.4, 0.5) is 0 Å². The minimum Gasteiger partial charge on any atom is -0.361 e. The van der Waals surface area contributed by atoms with Crippen molar-refractivity contribution in [3.63, 3.8) is 0 Å². The first-order valence-corrected chi connectivity index (χ1v) is 8.30. The minimum absolute atomic E-state index is 0.200. The van der Waals surface area contributed by atoms with Crippen LogP contribution in [-0.4, -0.2) is 16.8 Å². The van der Waals surface area contributed by atoms with Gasteiger partial charge in [-0.05, 0) is 30.5 Å². The average molecular weight is 335 g/mol. The van der Waals surface area contributed by atoms with Crippen molar-refractivity contribution in [2.45, 2.75) is 26.2 Å². The third-order valence-electron chi connectivity index (χ3n) is 4.09. The van der Waals surface area contributed by atoms with Gasteiger partial charge in [0.1, 0.15) is 0 Å². The maximum atomic E-state index is 12.0. The van der Waals surface area contributed by atoms with Crippen LogP contribution < -0.4 is 10.9 Å². The highest BCUT2D eigenvalue weighted by molar-refractivity contribution is 5.89. The molecule has 0 spiro atoms. The molecule has 2 amide bonds. The van der Waals surface area contributed by atoms with Gasteiger partial charge in [0.25, 0.3) is 0 Å². The number of benzene rings is 2. The molecule has 1 heterocycles. The lowest BCUT2D eigenvalue weighted by Gasteiger charge is -2.07. The molecule has 3 N–H and O–H groups in total. The van der Waals surface area contributed by atoms with Crippen molar-refractivity contribution in [2.24, 2.45) is 0 Å². The molecule has 3 aromatic rings. The fourth-order valence-electron chi connectivity index (χ4n) is 2.82. The zero-order chi connectivity index (χ0) is 17.6. The van der Waals surface area contributed by atoms with Crippen LogP contribution in [-0.2, 0) is 22.4 Å². The van der Waals surface area contributed by atoms with Crippen LogP contribution in [0.5, 0.6) is 0 Å². The standard InChI is InChI=1S/C20H21N3O2/c1-14-5-4-6-15(11-14)9-10-19(24)22-23-20(25)12-16-13-21-18-8-3-2-7-17(16)18/h2-8,11,13,21H,9-10,12H2,1H3,(H,22,24)(H,23,25). The highest BCUT2D eigenvalue weighted by atomic mass is 16.2. The van der Waals surface area contributed by atoms with Crippen LogP contribution in [0.3, 0.4) is 0 Å². The van der Waals surface area contributed by atoms with E-state index >= 15 is 0 Å².